The zero-order chi connectivity index (χ0) is 39.5. The van der Waals surface area contributed by atoms with Crippen molar-refractivity contribution >= 4 is 66.2 Å². The second-order valence-electron chi connectivity index (χ2n) is 15.3. The highest BCUT2D eigenvalue weighted by Crippen LogP contribution is 2.42. The molecule has 0 aliphatic rings. The maximum absolute atomic E-state index is 3.93. The van der Waals surface area contributed by atoms with E-state index < -0.39 is 0 Å². The maximum atomic E-state index is 3.93. The summed E-state index contributed by atoms with van der Waals surface area (Å²) in [5.74, 6) is 0. The van der Waals surface area contributed by atoms with Gasteiger partial charge in [-0.1, -0.05) is 170 Å². The quantitative estimate of drug-likeness (QED) is 0.0764. The molecule has 280 valence electrons. The number of hydrogen-bond donors (Lipinski definition) is 0. The van der Waals surface area contributed by atoms with E-state index >= 15 is 0 Å². The fourth-order valence-corrected chi connectivity index (χ4v) is 8.70. The molecule has 0 spiro atoms. The van der Waals surface area contributed by atoms with Crippen molar-refractivity contribution in [3.63, 3.8) is 0 Å². The third-order valence-electron chi connectivity index (χ3n) is 11.6. The van der Waals surface area contributed by atoms with Gasteiger partial charge in [0.05, 0.1) is 0 Å². The molecule has 59 heavy (non-hydrogen) atoms. The molecule has 1 heteroatoms. The van der Waals surface area contributed by atoms with Gasteiger partial charge in [-0.3, -0.25) is 0 Å². The van der Waals surface area contributed by atoms with Crippen molar-refractivity contribution in [1.82, 2.24) is 0 Å². The van der Waals surface area contributed by atoms with E-state index in [-0.39, 0.29) is 0 Å². The summed E-state index contributed by atoms with van der Waals surface area (Å²) in [5, 5.41) is 10.1. The smallest absolute Gasteiger partial charge is 0.0473 e. The fraction of sp³-hybridized carbons (Fsp3) is 0.0345. The van der Waals surface area contributed by atoms with Gasteiger partial charge < -0.3 is 4.90 Å². The van der Waals surface area contributed by atoms with Crippen LogP contribution in [-0.2, 0) is 0 Å². The number of allylic oxidation sites excluding steroid dienone is 2. The Balaban J connectivity index is 1.12. The van der Waals surface area contributed by atoms with Crippen LogP contribution >= 0.6 is 0 Å². The van der Waals surface area contributed by atoms with E-state index in [9.17, 15) is 0 Å². The predicted octanol–water partition coefficient (Wildman–Crippen LogP) is 16.7. The molecule has 0 bridgehead atoms. The molecule has 0 saturated carbocycles. The van der Waals surface area contributed by atoms with Crippen molar-refractivity contribution < 1.29 is 0 Å². The molecule has 10 aromatic rings. The third-order valence-corrected chi connectivity index (χ3v) is 11.6. The molecule has 0 saturated heterocycles. The number of hydrogen-bond acceptors (Lipinski definition) is 1. The first-order valence-electron chi connectivity index (χ1n) is 20.5. The van der Waals surface area contributed by atoms with Gasteiger partial charge in [0.25, 0.3) is 0 Å². The average molecular weight is 754 g/mol. The van der Waals surface area contributed by atoms with Crippen LogP contribution in [0, 0.1) is 0 Å². The van der Waals surface area contributed by atoms with Crippen molar-refractivity contribution in [2.24, 2.45) is 0 Å². The maximum Gasteiger partial charge on any atom is 0.0473 e. The summed E-state index contributed by atoms with van der Waals surface area (Å²) in [7, 11) is 0. The van der Waals surface area contributed by atoms with Gasteiger partial charge in [0.2, 0.25) is 0 Å². The highest BCUT2D eigenvalue weighted by atomic mass is 15.1. The average Bonchev–Trinajstić information content (AvgIpc) is 3.31. The minimum absolute atomic E-state index is 0.950. The van der Waals surface area contributed by atoms with E-state index in [1.165, 1.54) is 76.5 Å². The van der Waals surface area contributed by atoms with Gasteiger partial charge in [-0.15, -0.1) is 6.58 Å². The minimum Gasteiger partial charge on any atom is -0.310 e. The van der Waals surface area contributed by atoms with Gasteiger partial charge in [0.1, 0.15) is 0 Å². The van der Waals surface area contributed by atoms with E-state index in [0.29, 0.717) is 0 Å². The highest BCUT2D eigenvalue weighted by molar-refractivity contribution is 6.15. The Labute approximate surface area is 346 Å². The molecular weight excluding hydrogens is 711 g/mol. The van der Waals surface area contributed by atoms with Crippen LogP contribution in [-0.4, -0.2) is 0 Å². The second kappa shape index (κ2) is 15.8. The summed E-state index contributed by atoms with van der Waals surface area (Å²) in [6, 6.07) is 75.5. The Kier molecular flexibility index (Phi) is 9.62. The van der Waals surface area contributed by atoms with Crippen LogP contribution in [0.15, 0.2) is 225 Å². The Morgan fingerprint density at radius 3 is 1.36 bits per heavy atom. The Morgan fingerprint density at radius 1 is 0.356 bits per heavy atom. The van der Waals surface area contributed by atoms with Crippen molar-refractivity contribution in [3.8, 4) is 33.4 Å². The molecule has 0 radical (unpaired) electrons. The third kappa shape index (κ3) is 6.98. The lowest BCUT2D eigenvalue weighted by Gasteiger charge is -2.27. The summed E-state index contributed by atoms with van der Waals surface area (Å²) < 4.78 is 0. The molecule has 10 rings (SSSR count). The first-order chi connectivity index (χ1) is 29.2. The number of unbranched alkanes of at least 4 members (excludes halogenated alkanes) is 1. The summed E-state index contributed by atoms with van der Waals surface area (Å²) in [6.45, 7) is 3.93. The van der Waals surface area contributed by atoms with Gasteiger partial charge in [0.15, 0.2) is 0 Å². The molecule has 0 fully saturated rings. The summed E-state index contributed by atoms with van der Waals surface area (Å²) in [4.78, 5) is 2.40. The molecule has 0 heterocycles. The van der Waals surface area contributed by atoms with E-state index in [0.717, 1.165) is 35.5 Å². The standard InChI is InChI=1S/C58H43N/c1-2-3-4-6-17-41-36-47(42-18-7-5-8-19-42)38-50(37-41)59(48-32-28-43(29-33-48)57-39-45-20-9-11-22-51(45)53-24-13-15-26-55(53)57)49-34-30-44(31-35-49)58-40-46-21-10-12-23-52(46)54-25-14-16-27-56(54)58/h2,5-40H,1,3-4H2/b17-6+. The molecule has 1 nitrogen and oxygen atoms in total. The number of nitrogens with zero attached hydrogens (tertiary/aromatic N) is 1. The normalized spacial score (nSPS) is 11.5. The summed E-state index contributed by atoms with van der Waals surface area (Å²) in [5.41, 5.74) is 11.7. The first kappa shape index (κ1) is 35.9. The topological polar surface area (TPSA) is 3.24 Å². The first-order valence-corrected chi connectivity index (χ1v) is 20.5. The number of rotatable bonds is 10. The van der Waals surface area contributed by atoms with Gasteiger partial charge in [0, 0.05) is 17.1 Å². The lowest BCUT2D eigenvalue weighted by molar-refractivity contribution is 1.06. The van der Waals surface area contributed by atoms with Crippen molar-refractivity contribution in [3.05, 3.63) is 231 Å². The van der Waals surface area contributed by atoms with E-state index in [1.54, 1.807) is 0 Å². The Morgan fingerprint density at radius 2 is 0.831 bits per heavy atom. The minimum atomic E-state index is 0.950. The Hall–Kier alpha value is -7.48. The second-order valence-corrected chi connectivity index (χ2v) is 15.3. The largest absolute Gasteiger partial charge is 0.310 e. The number of fused-ring (bicyclic) bond motifs is 6. The molecule has 0 atom stereocenters. The fourth-order valence-electron chi connectivity index (χ4n) is 8.70. The van der Waals surface area contributed by atoms with Crippen molar-refractivity contribution in [1.29, 1.82) is 0 Å². The zero-order valence-corrected chi connectivity index (χ0v) is 32.9. The Bertz CT molecular complexity index is 2990. The molecular formula is C58H43N. The summed E-state index contributed by atoms with van der Waals surface area (Å²) in [6.07, 6.45) is 8.39. The van der Waals surface area contributed by atoms with Gasteiger partial charge in [-0.2, -0.15) is 0 Å². The highest BCUT2D eigenvalue weighted by Gasteiger charge is 2.17. The van der Waals surface area contributed by atoms with Crippen LogP contribution in [0.25, 0.3) is 82.5 Å². The lowest BCUT2D eigenvalue weighted by atomic mass is 9.93. The van der Waals surface area contributed by atoms with Gasteiger partial charge in [-0.05, 0) is 149 Å². The summed E-state index contributed by atoms with van der Waals surface area (Å²) >= 11 is 0. The predicted molar refractivity (Wildman–Crippen MR) is 256 cm³/mol. The number of benzene rings is 10. The van der Waals surface area contributed by atoms with Gasteiger partial charge in [-0.25, -0.2) is 0 Å². The molecule has 0 N–H and O–H groups in total. The zero-order valence-electron chi connectivity index (χ0n) is 32.9. The van der Waals surface area contributed by atoms with Crippen LogP contribution in [0.5, 0.6) is 0 Å². The van der Waals surface area contributed by atoms with Gasteiger partial charge >= 0.3 is 0 Å². The monoisotopic (exact) mass is 753 g/mol. The van der Waals surface area contributed by atoms with Crippen LogP contribution < -0.4 is 4.90 Å². The van der Waals surface area contributed by atoms with Crippen LogP contribution in [0.4, 0.5) is 17.1 Å². The molecule has 0 unspecified atom stereocenters. The number of anilines is 3. The van der Waals surface area contributed by atoms with Crippen molar-refractivity contribution in [2.75, 3.05) is 4.90 Å². The van der Waals surface area contributed by atoms with E-state index in [4.69, 9.17) is 0 Å². The van der Waals surface area contributed by atoms with Crippen LogP contribution in [0.3, 0.4) is 0 Å². The van der Waals surface area contributed by atoms with Crippen LogP contribution in [0.1, 0.15) is 18.4 Å². The molecule has 0 aromatic heterocycles. The molecule has 0 aliphatic heterocycles. The SMILES string of the molecule is C=CCC/C=C/c1cc(-c2ccccc2)cc(N(c2ccc(-c3cc4ccccc4c4ccccc34)cc2)c2ccc(-c3cc4ccccc4c4ccccc34)cc2)c1. The van der Waals surface area contributed by atoms with E-state index in [2.05, 4.69) is 230 Å². The van der Waals surface area contributed by atoms with Crippen LogP contribution in [0.2, 0.25) is 0 Å². The lowest BCUT2D eigenvalue weighted by Crippen LogP contribution is -2.10. The molecule has 0 amide bonds. The van der Waals surface area contributed by atoms with Crippen molar-refractivity contribution in [2.45, 2.75) is 12.8 Å². The molecule has 0 aliphatic carbocycles. The molecule has 10 aromatic carbocycles. The van der Waals surface area contributed by atoms with E-state index in [1.807, 2.05) is 6.08 Å².